The number of rotatable bonds is 6. The maximum atomic E-state index is 11.4. The van der Waals surface area contributed by atoms with E-state index in [1.165, 1.54) is 0 Å². The molecule has 0 saturated carbocycles. The van der Waals surface area contributed by atoms with Gasteiger partial charge >= 0.3 is 5.97 Å². The van der Waals surface area contributed by atoms with Crippen LogP contribution in [0.1, 0.15) is 53.9 Å². The van der Waals surface area contributed by atoms with Crippen molar-refractivity contribution in [1.29, 1.82) is 0 Å². The lowest BCUT2D eigenvalue weighted by molar-refractivity contribution is -0.151. The highest BCUT2D eigenvalue weighted by Gasteiger charge is 2.20. The van der Waals surface area contributed by atoms with Crippen LogP contribution in [0.15, 0.2) is 0 Å². The Morgan fingerprint density at radius 1 is 1.36 bits per heavy atom. The third kappa shape index (κ3) is 5.25. The Hall–Kier alpha value is -0.530. The molecule has 0 spiro atoms. The molecule has 0 fully saturated rings. The van der Waals surface area contributed by atoms with Crippen molar-refractivity contribution in [2.45, 2.75) is 53.9 Å². The van der Waals surface area contributed by atoms with E-state index >= 15 is 0 Å². The lowest BCUT2D eigenvalue weighted by Gasteiger charge is -2.24. The number of hydrogen-bond acceptors (Lipinski definition) is 2. The van der Waals surface area contributed by atoms with Crippen molar-refractivity contribution < 1.29 is 9.53 Å². The molecule has 0 aliphatic carbocycles. The summed E-state index contributed by atoms with van der Waals surface area (Å²) in [6.45, 7) is 10.9. The van der Waals surface area contributed by atoms with Gasteiger partial charge in [0.25, 0.3) is 0 Å². The van der Waals surface area contributed by atoms with Crippen LogP contribution >= 0.6 is 0 Å². The van der Waals surface area contributed by atoms with Gasteiger partial charge in [0, 0.05) is 0 Å². The van der Waals surface area contributed by atoms with E-state index < -0.39 is 0 Å². The molecule has 0 rings (SSSR count). The van der Waals surface area contributed by atoms with Gasteiger partial charge in [-0.1, -0.05) is 41.0 Å². The molecule has 14 heavy (non-hydrogen) atoms. The molecule has 0 amide bonds. The summed E-state index contributed by atoms with van der Waals surface area (Å²) < 4.78 is 5.27. The van der Waals surface area contributed by atoms with Crippen molar-refractivity contribution in [3.63, 3.8) is 0 Å². The first-order valence-corrected chi connectivity index (χ1v) is 5.59. The third-order valence-corrected chi connectivity index (χ3v) is 2.55. The number of esters is 1. The lowest BCUT2D eigenvalue weighted by atomic mass is 9.89. The van der Waals surface area contributed by atoms with Crippen molar-refractivity contribution in [3.05, 3.63) is 0 Å². The smallest absolute Gasteiger partial charge is 0.308 e. The van der Waals surface area contributed by atoms with Crippen molar-refractivity contribution >= 4 is 5.97 Å². The summed E-state index contributed by atoms with van der Waals surface area (Å²) in [4.78, 5) is 11.4. The minimum absolute atomic E-state index is 0.0347. The fourth-order valence-corrected chi connectivity index (χ4v) is 1.32. The molecule has 2 heteroatoms. The molecule has 0 saturated heterocycles. The SMILES string of the molecule is CCCC(C)(C)COC(=O)C(C)CC. The lowest BCUT2D eigenvalue weighted by Crippen LogP contribution is -2.24. The Morgan fingerprint density at radius 3 is 2.36 bits per heavy atom. The summed E-state index contributed by atoms with van der Waals surface area (Å²) in [6, 6.07) is 0. The minimum Gasteiger partial charge on any atom is -0.465 e. The standard InChI is InChI=1S/C12H24O2/c1-6-8-12(4,5)9-14-11(13)10(3)7-2/h10H,6-9H2,1-5H3. The Labute approximate surface area is 88.0 Å². The number of hydrogen-bond donors (Lipinski definition) is 0. The first kappa shape index (κ1) is 13.5. The molecular weight excluding hydrogens is 176 g/mol. The minimum atomic E-state index is -0.0586. The summed E-state index contributed by atoms with van der Waals surface area (Å²) >= 11 is 0. The monoisotopic (exact) mass is 200 g/mol. The average molecular weight is 200 g/mol. The van der Waals surface area contributed by atoms with Crippen LogP contribution in [-0.2, 0) is 9.53 Å². The summed E-state index contributed by atoms with van der Waals surface area (Å²) in [6.07, 6.45) is 3.09. The van der Waals surface area contributed by atoms with E-state index in [0.717, 1.165) is 19.3 Å². The normalized spacial score (nSPS) is 13.8. The Morgan fingerprint density at radius 2 is 1.93 bits per heavy atom. The molecule has 1 unspecified atom stereocenters. The van der Waals surface area contributed by atoms with E-state index in [4.69, 9.17) is 4.74 Å². The second kappa shape index (κ2) is 6.05. The highest BCUT2D eigenvalue weighted by molar-refractivity contribution is 5.71. The van der Waals surface area contributed by atoms with Gasteiger partial charge in [0.15, 0.2) is 0 Å². The molecule has 0 heterocycles. The molecule has 0 aromatic carbocycles. The molecule has 2 nitrogen and oxygen atoms in total. The van der Waals surface area contributed by atoms with E-state index in [9.17, 15) is 4.79 Å². The van der Waals surface area contributed by atoms with Crippen LogP contribution < -0.4 is 0 Å². The number of carbonyl (C=O) groups excluding carboxylic acids is 1. The van der Waals surface area contributed by atoms with Gasteiger partial charge in [-0.15, -0.1) is 0 Å². The third-order valence-electron chi connectivity index (χ3n) is 2.55. The van der Waals surface area contributed by atoms with Crippen molar-refractivity contribution in [1.82, 2.24) is 0 Å². The maximum absolute atomic E-state index is 11.4. The zero-order valence-corrected chi connectivity index (χ0v) is 10.2. The average Bonchev–Trinajstić information content (AvgIpc) is 2.13. The summed E-state index contributed by atoms with van der Waals surface area (Å²) in [5.41, 5.74) is 0.123. The molecular formula is C12H24O2. The van der Waals surface area contributed by atoms with Crippen LogP contribution in [0, 0.1) is 11.3 Å². The van der Waals surface area contributed by atoms with E-state index in [0.29, 0.717) is 6.61 Å². The topological polar surface area (TPSA) is 26.3 Å². The van der Waals surface area contributed by atoms with Gasteiger partial charge < -0.3 is 4.74 Å². The fraction of sp³-hybridized carbons (Fsp3) is 0.917. The molecule has 0 radical (unpaired) electrons. The van der Waals surface area contributed by atoms with Crippen molar-refractivity contribution in [3.8, 4) is 0 Å². The van der Waals surface area contributed by atoms with Gasteiger partial charge in [0.05, 0.1) is 12.5 Å². The summed E-state index contributed by atoms with van der Waals surface area (Å²) in [7, 11) is 0. The maximum Gasteiger partial charge on any atom is 0.308 e. The van der Waals surface area contributed by atoms with Crippen molar-refractivity contribution in [2.24, 2.45) is 11.3 Å². The highest BCUT2D eigenvalue weighted by atomic mass is 16.5. The second-order valence-electron chi connectivity index (χ2n) is 4.83. The summed E-state index contributed by atoms with van der Waals surface area (Å²) in [5.74, 6) is -0.0240. The van der Waals surface area contributed by atoms with E-state index in [2.05, 4.69) is 20.8 Å². The molecule has 0 aromatic heterocycles. The Kier molecular flexibility index (Phi) is 5.82. The summed E-state index contributed by atoms with van der Waals surface area (Å²) in [5, 5.41) is 0. The predicted octanol–water partition coefficient (Wildman–Crippen LogP) is 3.40. The first-order valence-electron chi connectivity index (χ1n) is 5.59. The fourth-order valence-electron chi connectivity index (χ4n) is 1.32. The molecule has 0 N–H and O–H groups in total. The zero-order valence-electron chi connectivity index (χ0n) is 10.2. The quantitative estimate of drug-likeness (QED) is 0.614. The molecule has 1 atom stereocenters. The van der Waals surface area contributed by atoms with Gasteiger partial charge in [-0.2, -0.15) is 0 Å². The Balaban J connectivity index is 3.87. The zero-order chi connectivity index (χ0) is 11.2. The number of ether oxygens (including phenoxy) is 1. The van der Waals surface area contributed by atoms with E-state index in [-0.39, 0.29) is 17.3 Å². The van der Waals surface area contributed by atoms with Gasteiger partial charge in [-0.25, -0.2) is 0 Å². The van der Waals surface area contributed by atoms with E-state index in [1.54, 1.807) is 0 Å². The highest BCUT2D eigenvalue weighted by Crippen LogP contribution is 2.22. The molecule has 0 bridgehead atoms. The largest absolute Gasteiger partial charge is 0.465 e. The Bertz CT molecular complexity index is 173. The van der Waals surface area contributed by atoms with Crippen LogP contribution in [0.3, 0.4) is 0 Å². The van der Waals surface area contributed by atoms with Crippen molar-refractivity contribution in [2.75, 3.05) is 6.61 Å². The van der Waals surface area contributed by atoms with Gasteiger partial charge in [0.1, 0.15) is 0 Å². The van der Waals surface area contributed by atoms with Crippen LogP contribution in [0.25, 0.3) is 0 Å². The number of carbonyl (C=O) groups is 1. The first-order chi connectivity index (χ1) is 6.43. The van der Waals surface area contributed by atoms with Gasteiger partial charge in [0.2, 0.25) is 0 Å². The molecule has 0 aliphatic rings. The molecule has 84 valence electrons. The van der Waals surface area contributed by atoms with E-state index in [1.807, 2.05) is 13.8 Å². The van der Waals surface area contributed by atoms with Crippen LogP contribution in [0.5, 0.6) is 0 Å². The van der Waals surface area contributed by atoms with Crippen LogP contribution in [0.4, 0.5) is 0 Å². The van der Waals surface area contributed by atoms with Gasteiger partial charge in [-0.05, 0) is 18.3 Å². The molecule has 0 aliphatic heterocycles. The molecule has 0 aromatic rings. The van der Waals surface area contributed by atoms with Crippen LogP contribution in [0.2, 0.25) is 0 Å². The van der Waals surface area contributed by atoms with Gasteiger partial charge in [-0.3, -0.25) is 4.79 Å². The predicted molar refractivity (Wildman–Crippen MR) is 59.1 cm³/mol. The van der Waals surface area contributed by atoms with Crippen LogP contribution in [-0.4, -0.2) is 12.6 Å². The second-order valence-corrected chi connectivity index (χ2v) is 4.83.